The van der Waals surface area contributed by atoms with Gasteiger partial charge in [-0.2, -0.15) is 0 Å². The van der Waals surface area contributed by atoms with E-state index in [1.165, 1.54) is 33.9 Å². The van der Waals surface area contributed by atoms with Crippen molar-refractivity contribution in [1.29, 1.82) is 0 Å². The van der Waals surface area contributed by atoms with E-state index in [1.807, 2.05) is 12.1 Å². The second kappa shape index (κ2) is 7.38. The van der Waals surface area contributed by atoms with Crippen LogP contribution in [0.2, 0.25) is 0 Å². The molecule has 0 aliphatic heterocycles. The lowest BCUT2D eigenvalue weighted by molar-refractivity contribution is 0.378. The lowest BCUT2D eigenvalue weighted by atomic mass is 9.79. The third-order valence-corrected chi connectivity index (χ3v) is 5.43. The van der Waals surface area contributed by atoms with Gasteiger partial charge in [0.2, 0.25) is 0 Å². The molecule has 0 unspecified atom stereocenters. The Hall–Kier alpha value is -2.28. The molecule has 0 aliphatic carbocycles. The van der Waals surface area contributed by atoms with Crippen molar-refractivity contribution in [1.82, 2.24) is 0 Å². The van der Waals surface area contributed by atoms with Crippen LogP contribution in [0, 0.1) is 5.41 Å². The van der Waals surface area contributed by atoms with Crippen LogP contribution in [-0.4, -0.2) is 5.11 Å². The van der Waals surface area contributed by atoms with Gasteiger partial charge in [-0.1, -0.05) is 83.1 Å². The standard InChI is InChI=1S/C26H32O/c1-25(2,3)15-14-19-6-8-21-9-7-20(17-22(21)16-19)18-26(4,5)23-10-12-24(27)13-11-23/h6-13,16-17,27H,14-15,18H2,1-5H3. The highest BCUT2D eigenvalue weighted by atomic mass is 16.3. The molecule has 0 heterocycles. The van der Waals surface area contributed by atoms with E-state index < -0.39 is 0 Å². The molecule has 1 heteroatoms. The molecule has 0 spiro atoms. The summed E-state index contributed by atoms with van der Waals surface area (Å²) in [6, 6.07) is 21.3. The molecule has 0 saturated carbocycles. The van der Waals surface area contributed by atoms with Crippen LogP contribution in [0.3, 0.4) is 0 Å². The highest BCUT2D eigenvalue weighted by Gasteiger charge is 2.21. The third kappa shape index (κ3) is 5.13. The van der Waals surface area contributed by atoms with Crippen molar-refractivity contribution >= 4 is 10.8 Å². The Morgan fingerprint density at radius 1 is 0.704 bits per heavy atom. The van der Waals surface area contributed by atoms with E-state index in [9.17, 15) is 5.11 Å². The lowest BCUT2D eigenvalue weighted by Gasteiger charge is -2.26. The highest BCUT2D eigenvalue weighted by molar-refractivity contribution is 5.83. The van der Waals surface area contributed by atoms with Gasteiger partial charge in [0.05, 0.1) is 0 Å². The van der Waals surface area contributed by atoms with E-state index in [-0.39, 0.29) is 5.41 Å². The molecule has 1 nitrogen and oxygen atoms in total. The van der Waals surface area contributed by atoms with Crippen LogP contribution in [0.25, 0.3) is 10.8 Å². The molecule has 3 rings (SSSR count). The van der Waals surface area contributed by atoms with Crippen molar-refractivity contribution in [3.05, 3.63) is 77.4 Å². The van der Waals surface area contributed by atoms with Crippen molar-refractivity contribution in [2.75, 3.05) is 0 Å². The first kappa shape index (κ1) is 19.5. The monoisotopic (exact) mass is 360 g/mol. The summed E-state index contributed by atoms with van der Waals surface area (Å²) in [6.07, 6.45) is 3.30. The Labute approximate surface area is 164 Å². The fourth-order valence-corrected chi connectivity index (χ4v) is 3.66. The minimum Gasteiger partial charge on any atom is -0.508 e. The van der Waals surface area contributed by atoms with Crippen LogP contribution < -0.4 is 0 Å². The fourth-order valence-electron chi connectivity index (χ4n) is 3.66. The van der Waals surface area contributed by atoms with E-state index in [0.29, 0.717) is 11.2 Å². The number of hydrogen-bond acceptors (Lipinski definition) is 1. The largest absolute Gasteiger partial charge is 0.508 e. The maximum Gasteiger partial charge on any atom is 0.115 e. The van der Waals surface area contributed by atoms with Gasteiger partial charge in [-0.3, -0.25) is 0 Å². The van der Waals surface area contributed by atoms with Crippen LogP contribution in [0.15, 0.2) is 60.7 Å². The van der Waals surface area contributed by atoms with Gasteiger partial charge in [0.1, 0.15) is 5.75 Å². The number of phenolic OH excluding ortho intramolecular Hbond substituents is 1. The summed E-state index contributed by atoms with van der Waals surface area (Å²) in [5.41, 5.74) is 4.41. The quantitative estimate of drug-likeness (QED) is 0.517. The lowest BCUT2D eigenvalue weighted by Crippen LogP contribution is -2.20. The summed E-state index contributed by atoms with van der Waals surface area (Å²) in [6.45, 7) is 11.4. The molecule has 0 atom stereocenters. The van der Waals surface area contributed by atoms with Crippen molar-refractivity contribution in [2.24, 2.45) is 5.41 Å². The molecule has 1 N–H and O–H groups in total. The van der Waals surface area contributed by atoms with Gasteiger partial charge in [-0.05, 0) is 69.7 Å². The van der Waals surface area contributed by atoms with Crippen LogP contribution in [-0.2, 0) is 18.3 Å². The number of fused-ring (bicyclic) bond motifs is 1. The SMILES string of the molecule is CC(C)(C)CCc1ccc2ccc(CC(C)(C)c3ccc(O)cc3)cc2c1. The van der Waals surface area contributed by atoms with Crippen LogP contribution in [0.1, 0.15) is 57.7 Å². The number of aromatic hydroxyl groups is 1. The summed E-state index contributed by atoms with van der Waals surface area (Å²) < 4.78 is 0. The van der Waals surface area contributed by atoms with Crippen molar-refractivity contribution in [2.45, 2.75) is 59.3 Å². The van der Waals surface area contributed by atoms with Crippen molar-refractivity contribution in [3.8, 4) is 5.75 Å². The Balaban J connectivity index is 1.83. The van der Waals surface area contributed by atoms with Gasteiger partial charge >= 0.3 is 0 Å². The molecular formula is C26H32O. The molecule has 142 valence electrons. The molecule has 0 saturated heterocycles. The zero-order valence-electron chi connectivity index (χ0n) is 17.3. The fraction of sp³-hybridized carbons (Fsp3) is 0.385. The molecule has 0 fully saturated rings. The van der Waals surface area contributed by atoms with Crippen LogP contribution in [0.4, 0.5) is 0 Å². The topological polar surface area (TPSA) is 20.2 Å². The van der Waals surface area contributed by atoms with Gasteiger partial charge in [-0.15, -0.1) is 0 Å². The number of aryl methyl sites for hydroxylation is 1. The molecule has 3 aromatic rings. The van der Waals surface area contributed by atoms with Crippen molar-refractivity contribution < 1.29 is 5.11 Å². The second-order valence-corrected chi connectivity index (χ2v) is 9.68. The second-order valence-electron chi connectivity index (χ2n) is 9.68. The predicted octanol–water partition coefficient (Wildman–Crippen LogP) is 7.04. The molecule has 0 aromatic heterocycles. The van der Waals surface area contributed by atoms with Crippen LogP contribution in [0.5, 0.6) is 5.75 Å². The first-order chi connectivity index (χ1) is 12.6. The zero-order valence-corrected chi connectivity index (χ0v) is 17.3. The van der Waals surface area contributed by atoms with E-state index in [1.54, 1.807) is 12.1 Å². The number of benzene rings is 3. The Bertz CT molecular complexity index is 911. The van der Waals surface area contributed by atoms with Crippen molar-refractivity contribution in [3.63, 3.8) is 0 Å². The molecule has 3 aromatic carbocycles. The summed E-state index contributed by atoms with van der Waals surface area (Å²) in [5, 5.41) is 12.2. The van der Waals surface area contributed by atoms with E-state index in [4.69, 9.17) is 0 Å². The summed E-state index contributed by atoms with van der Waals surface area (Å²) in [5.74, 6) is 0.322. The number of hydrogen-bond donors (Lipinski definition) is 1. The minimum atomic E-state index is 0.0191. The predicted molar refractivity (Wildman–Crippen MR) is 117 cm³/mol. The minimum absolute atomic E-state index is 0.0191. The van der Waals surface area contributed by atoms with Gasteiger partial charge in [0.25, 0.3) is 0 Å². The molecule has 0 amide bonds. The first-order valence-corrected chi connectivity index (χ1v) is 9.94. The average Bonchev–Trinajstić information content (AvgIpc) is 2.59. The maximum atomic E-state index is 9.55. The molecule has 27 heavy (non-hydrogen) atoms. The van der Waals surface area contributed by atoms with E-state index in [2.05, 4.69) is 71.0 Å². The smallest absolute Gasteiger partial charge is 0.115 e. The van der Waals surface area contributed by atoms with E-state index in [0.717, 1.165) is 12.8 Å². The first-order valence-electron chi connectivity index (χ1n) is 9.94. The normalized spacial score (nSPS) is 12.5. The van der Waals surface area contributed by atoms with E-state index >= 15 is 0 Å². The Kier molecular flexibility index (Phi) is 5.33. The summed E-state index contributed by atoms with van der Waals surface area (Å²) in [4.78, 5) is 0. The zero-order chi connectivity index (χ0) is 19.7. The summed E-state index contributed by atoms with van der Waals surface area (Å²) in [7, 11) is 0. The molecular weight excluding hydrogens is 328 g/mol. The summed E-state index contributed by atoms with van der Waals surface area (Å²) >= 11 is 0. The molecule has 0 radical (unpaired) electrons. The van der Waals surface area contributed by atoms with Gasteiger partial charge < -0.3 is 5.11 Å². The highest BCUT2D eigenvalue weighted by Crippen LogP contribution is 2.30. The number of phenols is 1. The van der Waals surface area contributed by atoms with Gasteiger partial charge in [0.15, 0.2) is 0 Å². The maximum absolute atomic E-state index is 9.55. The number of rotatable bonds is 5. The third-order valence-electron chi connectivity index (χ3n) is 5.43. The molecule has 0 bridgehead atoms. The Morgan fingerprint density at radius 3 is 1.93 bits per heavy atom. The average molecular weight is 361 g/mol. The van der Waals surface area contributed by atoms with Crippen LogP contribution >= 0.6 is 0 Å². The van der Waals surface area contributed by atoms with Gasteiger partial charge in [-0.25, -0.2) is 0 Å². The molecule has 0 aliphatic rings. The van der Waals surface area contributed by atoms with Gasteiger partial charge in [0, 0.05) is 0 Å². The Morgan fingerprint density at radius 2 is 1.30 bits per heavy atom.